The van der Waals surface area contributed by atoms with Crippen molar-refractivity contribution in [1.82, 2.24) is 5.32 Å². The van der Waals surface area contributed by atoms with Gasteiger partial charge < -0.3 is 25.0 Å². The van der Waals surface area contributed by atoms with Gasteiger partial charge in [-0.2, -0.15) is 0 Å². The molecule has 0 saturated heterocycles. The summed E-state index contributed by atoms with van der Waals surface area (Å²) in [5, 5.41) is 22.4. The number of allylic oxidation sites excluding steroid dienone is 1. The van der Waals surface area contributed by atoms with Gasteiger partial charge in [-0.25, -0.2) is 0 Å². The molecule has 5 heteroatoms. The van der Waals surface area contributed by atoms with E-state index in [1.807, 2.05) is 19.1 Å². The number of hydrogen-bond acceptors (Lipinski definition) is 5. The van der Waals surface area contributed by atoms with Crippen LogP contribution in [0.1, 0.15) is 30.9 Å². The molecule has 134 valence electrons. The van der Waals surface area contributed by atoms with Crippen LogP contribution in [0.25, 0.3) is 0 Å². The zero-order chi connectivity index (χ0) is 17.9. The largest absolute Gasteiger partial charge is 0.514 e. The fourth-order valence-corrected chi connectivity index (χ4v) is 2.55. The number of rotatable bonds is 11. The van der Waals surface area contributed by atoms with Crippen LogP contribution in [0, 0.1) is 0 Å². The Labute approximate surface area is 144 Å². The highest BCUT2D eigenvalue weighted by Gasteiger charge is 2.17. The topological polar surface area (TPSA) is 71.0 Å². The van der Waals surface area contributed by atoms with Crippen molar-refractivity contribution in [2.24, 2.45) is 0 Å². The van der Waals surface area contributed by atoms with Gasteiger partial charge in [0.15, 0.2) is 11.5 Å². The summed E-state index contributed by atoms with van der Waals surface area (Å²) in [7, 11) is 3.22. The lowest BCUT2D eigenvalue weighted by Gasteiger charge is -2.19. The van der Waals surface area contributed by atoms with E-state index in [0.717, 1.165) is 17.4 Å². The fourth-order valence-electron chi connectivity index (χ4n) is 2.55. The Morgan fingerprint density at radius 1 is 1.33 bits per heavy atom. The Bertz CT molecular complexity index is 555. The van der Waals surface area contributed by atoms with Crippen LogP contribution >= 0.6 is 0 Å². The standard InChI is InChI=1S/C19H29NO4/c1-5-11-20-15(13-21)12-14-7-10-18(23-3)19(24-4)17(14)9-8-16(22)6-2/h5,7,10,13,16,20-22H,1,6,8-9,11-12H2,2-4H3/b15-13+. The summed E-state index contributed by atoms with van der Waals surface area (Å²) in [6, 6.07) is 3.82. The van der Waals surface area contributed by atoms with Gasteiger partial charge in [0.25, 0.3) is 0 Å². The van der Waals surface area contributed by atoms with Crippen molar-refractivity contribution < 1.29 is 19.7 Å². The molecule has 1 atom stereocenters. The minimum Gasteiger partial charge on any atom is -0.514 e. The number of aliphatic hydroxyl groups is 2. The third-order valence-electron chi connectivity index (χ3n) is 3.95. The summed E-state index contributed by atoms with van der Waals surface area (Å²) in [4.78, 5) is 0. The van der Waals surface area contributed by atoms with Gasteiger partial charge in [-0.15, -0.1) is 6.58 Å². The average Bonchev–Trinajstić information content (AvgIpc) is 2.62. The summed E-state index contributed by atoms with van der Waals surface area (Å²) in [5.74, 6) is 1.34. The van der Waals surface area contributed by atoms with Gasteiger partial charge in [0.05, 0.1) is 32.3 Å². The summed E-state index contributed by atoms with van der Waals surface area (Å²) in [5.41, 5.74) is 2.70. The Hall–Kier alpha value is -2.14. The second-order valence-corrected chi connectivity index (χ2v) is 5.54. The molecular formula is C19H29NO4. The van der Waals surface area contributed by atoms with E-state index in [4.69, 9.17) is 9.47 Å². The molecule has 24 heavy (non-hydrogen) atoms. The Morgan fingerprint density at radius 3 is 2.62 bits per heavy atom. The molecular weight excluding hydrogens is 306 g/mol. The first-order valence-corrected chi connectivity index (χ1v) is 8.19. The van der Waals surface area contributed by atoms with Gasteiger partial charge in [0.1, 0.15) is 0 Å². The number of ether oxygens (including phenoxy) is 2. The monoisotopic (exact) mass is 335 g/mol. The van der Waals surface area contributed by atoms with Gasteiger partial charge in [0, 0.05) is 18.5 Å². The van der Waals surface area contributed by atoms with Crippen molar-refractivity contribution in [2.75, 3.05) is 20.8 Å². The van der Waals surface area contributed by atoms with E-state index < -0.39 is 0 Å². The smallest absolute Gasteiger partial charge is 0.164 e. The van der Waals surface area contributed by atoms with Crippen LogP contribution in [-0.4, -0.2) is 37.1 Å². The molecule has 3 N–H and O–H groups in total. The maximum atomic E-state index is 9.90. The van der Waals surface area contributed by atoms with E-state index in [-0.39, 0.29) is 6.10 Å². The maximum absolute atomic E-state index is 9.90. The van der Waals surface area contributed by atoms with E-state index in [2.05, 4.69) is 11.9 Å². The van der Waals surface area contributed by atoms with Gasteiger partial charge in [-0.05, 0) is 30.9 Å². The molecule has 0 aliphatic carbocycles. The molecule has 0 aromatic heterocycles. The summed E-state index contributed by atoms with van der Waals surface area (Å²) < 4.78 is 10.9. The first kappa shape index (κ1) is 19.9. The highest BCUT2D eigenvalue weighted by atomic mass is 16.5. The molecule has 1 unspecified atom stereocenters. The summed E-state index contributed by atoms with van der Waals surface area (Å²) in [6.45, 7) is 6.20. The Morgan fingerprint density at radius 2 is 2.08 bits per heavy atom. The molecule has 0 saturated carbocycles. The molecule has 0 spiro atoms. The van der Waals surface area contributed by atoms with Crippen LogP contribution in [-0.2, 0) is 12.8 Å². The first-order chi connectivity index (χ1) is 11.6. The molecule has 0 radical (unpaired) electrons. The second kappa shape index (κ2) is 10.6. The van der Waals surface area contributed by atoms with Crippen LogP contribution in [0.5, 0.6) is 11.5 Å². The quantitative estimate of drug-likeness (QED) is 0.428. The van der Waals surface area contributed by atoms with Crippen molar-refractivity contribution >= 4 is 0 Å². The summed E-state index contributed by atoms with van der Waals surface area (Å²) in [6.07, 6.45) is 5.02. The molecule has 0 aliphatic rings. The Balaban J connectivity index is 3.14. The van der Waals surface area contributed by atoms with Crippen molar-refractivity contribution in [1.29, 1.82) is 0 Å². The van der Waals surface area contributed by atoms with Gasteiger partial charge in [-0.1, -0.05) is 19.1 Å². The van der Waals surface area contributed by atoms with Crippen LogP contribution in [0.4, 0.5) is 0 Å². The van der Waals surface area contributed by atoms with E-state index in [0.29, 0.717) is 49.4 Å². The van der Waals surface area contributed by atoms with E-state index in [1.165, 1.54) is 0 Å². The Kier molecular flexibility index (Phi) is 8.79. The van der Waals surface area contributed by atoms with Crippen LogP contribution in [0.15, 0.2) is 36.7 Å². The predicted molar refractivity (Wildman–Crippen MR) is 96.8 cm³/mol. The van der Waals surface area contributed by atoms with Crippen molar-refractivity contribution in [3.8, 4) is 11.5 Å². The van der Waals surface area contributed by atoms with Crippen molar-refractivity contribution in [2.45, 2.75) is 38.7 Å². The third kappa shape index (κ3) is 5.49. The van der Waals surface area contributed by atoms with Crippen molar-refractivity contribution in [3.63, 3.8) is 0 Å². The van der Waals surface area contributed by atoms with Crippen LogP contribution in [0.2, 0.25) is 0 Å². The molecule has 0 amide bonds. The minimum absolute atomic E-state index is 0.347. The van der Waals surface area contributed by atoms with E-state index in [9.17, 15) is 10.2 Å². The summed E-state index contributed by atoms with van der Waals surface area (Å²) >= 11 is 0. The molecule has 0 fully saturated rings. The lowest BCUT2D eigenvalue weighted by molar-refractivity contribution is 0.160. The first-order valence-electron chi connectivity index (χ1n) is 8.19. The zero-order valence-corrected chi connectivity index (χ0v) is 14.8. The highest BCUT2D eigenvalue weighted by molar-refractivity contribution is 5.51. The normalized spacial score (nSPS) is 12.6. The number of aliphatic hydroxyl groups excluding tert-OH is 2. The number of methoxy groups -OCH3 is 2. The lowest BCUT2D eigenvalue weighted by Crippen LogP contribution is -2.16. The molecule has 5 nitrogen and oxygen atoms in total. The number of benzene rings is 1. The molecule has 0 aliphatic heterocycles. The second-order valence-electron chi connectivity index (χ2n) is 5.54. The van der Waals surface area contributed by atoms with Gasteiger partial charge >= 0.3 is 0 Å². The van der Waals surface area contributed by atoms with Crippen LogP contribution in [0.3, 0.4) is 0 Å². The van der Waals surface area contributed by atoms with Crippen molar-refractivity contribution in [3.05, 3.63) is 47.9 Å². The van der Waals surface area contributed by atoms with Gasteiger partial charge in [-0.3, -0.25) is 0 Å². The molecule has 1 aromatic rings. The molecule has 0 bridgehead atoms. The van der Waals surface area contributed by atoms with E-state index in [1.54, 1.807) is 20.3 Å². The molecule has 1 rings (SSSR count). The molecule has 0 heterocycles. The third-order valence-corrected chi connectivity index (χ3v) is 3.95. The maximum Gasteiger partial charge on any atom is 0.164 e. The highest BCUT2D eigenvalue weighted by Crippen LogP contribution is 2.35. The average molecular weight is 335 g/mol. The molecule has 1 aromatic carbocycles. The van der Waals surface area contributed by atoms with E-state index >= 15 is 0 Å². The SMILES string of the molecule is C=CCN/C(=C/O)Cc1ccc(OC)c(OC)c1CCC(O)CC. The fraction of sp³-hybridized carbons (Fsp3) is 0.474. The minimum atomic E-state index is -0.347. The zero-order valence-electron chi connectivity index (χ0n) is 14.8. The lowest BCUT2D eigenvalue weighted by atomic mass is 9.95. The van der Waals surface area contributed by atoms with Crippen LogP contribution < -0.4 is 14.8 Å². The predicted octanol–water partition coefficient (Wildman–Crippen LogP) is 3.12. The number of hydrogen-bond donors (Lipinski definition) is 3. The number of nitrogens with one attached hydrogen (secondary N) is 1. The van der Waals surface area contributed by atoms with Gasteiger partial charge in [0.2, 0.25) is 0 Å².